The van der Waals surface area contributed by atoms with E-state index in [0.717, 1.165) is 17.9 Å². The Morgan fingerprint density at radius 2 is 1.95 bits per heavy atom. The van der Waals surface area contributed by atoms with Crippen molar-refractivity contribution in [2.75, 3.05) is 20.8 Å². The van der Waals surface area contributed by atoms with Gasteiger partial charge in [-0.2, -0.15) is 0 Å². The average Bonchev–Trinajstić information content (AvgIpc) is 2.50. The number of aliphatic hydroxyl groups is 1. The van der Waals surface area contributed by atoms with Gasteiger partial charge in [0.15, 0.2) is 0 Å². The molecule has 0 saturated carbocycles. The van der Waals surface area contributed by atoms with Crippen LogP contribution < -0.4 is 10.1 Å². The van der Waals surface area contributed by atoms with Crippen molar-refractivity contribution in [3.63, 3.8) is 0 Å². The summed E-state index contributed by atoms with van der Waals surface area (Å²) in [6.45, 7) is 2.69. The molecule has 1 aromatic rings. The molecule has 5 nitrogen and oxygen atoms in total. The van der Waals surface area contributed by atoms with E-state index in [2.05, 4.69) is 10.1 Å². The number of carbonyl (C=O) groups excluding carboxylic acids is 1. The number of hydrogen-bond donors (Lipinski definition) is 2. The lowest BCUT2D eigenvalue weighted by atomic mass is 9.98. The van der Waals surface area contributed by atoms with Gasteiger partial charge in [-0.05, 0) is 30.7 Å². The summed E-state index contributed by atoms with van der Waals surface area (Å²) in [5.41, 5.74) is 0.793. The summed E-state index contributed by atoms with van der Waals surface area (Å²) >= 11 is 0. The number of esters is 1. The summed E-state index contributed by atoms with van der Waals surface area (Å²) in [6.07, 6.45) is 0.125. The standard InChI is InChI=1S/C15H23NO4/c1-4-16-13(9-10-14(17)20-3)15(18)11-5-7-12(19-2)8-6-11/h5-8,13,15-16,18H,4,9-10H2,1-3H3. The third-order valence-corrected chi connectivity index (χ3v) is 3.19. The summed E-state index contributed by atoms with van der Waals surface area (Å²) in [5, 5.41) is 13.6. The van der Waals surface area contributed by atoms with Crippen molar-refractivity contribution in [3.05, 3.63) is 29.8 Å². The molecule has 2 unspecified atom stereocenters. The minimum absolute atomic E-state index is 0.188. The fourth-order valence-corrected chi connectivity index (χ4v) is 2.04. The van der Waals surface area contributed by atoms with Crippen molar-refractivity contribution in [1.29, 1.82) is 0 Å². The Morgan fingerprint density at radius 3 is 2.45 bits per heavy atom. The van der Waals surface area contributed by atoms with E-state index in [0.29, 0.717) is 6.42 Å². The van der Waals surface area contributed by atoms with E-state index in [4.69, 9.17) is 4.74 Å². The summed E-state index contributed by atoms with van der Waals surface area (Å²) in [5.74, 6) is 0.477. The maximum Gasteiger partial charge on any atom is 0.305 e. The molecule has 0 bridgehead atoms. The molecule has 0 aromatic heterocycles. The van der Waals surface area contributed by atoms with Crippen LogP contribution in [0, 0.1) is 0 Å². The fourth-order valence-electron chi connectivity index (χ4n) is 2.04. The Kier molecular flexibility index (Phi) is 7.04. The molecular formula is C15H23NO4. The quantitative estimate of drug-likeness (QED) is 0.709. The summed E-state index contributed by atoms with van der Waals surface area (Å²) in [7, 11) is 2.97. The molecule has 2 atom stereocenters. The summed E-state index contributed by atoms with van der Waals surface area (Å²) in [4.78, 5) is 11.2. The van der Waals surface area contributed by atoms with Crippen LogP contribution >= 0.6 is 0 Å². The number of carbonyl (C=O) groups is 1. The molecule has 0 amide bonds. The molecule has 112 valence electrons. The number of hydrogen-bond acceptors (Lipinski definition) is 5. The van der Waals surface area contributed by atoms with Crippen molar-refractivity contribution < 1.29 is 19.4 Å². The topological polar surface area (TPSA) is 67.8 Å². The van der Waals surface area contributed by atoms with Crippen LogP contribution in [0.25, 0.3) is 0 Å². The van der Waals surface area contributed by atoms with Gasteiger partial charge < -0.3 is 19.9 Å². The van der Waals surface area contributed by atoms with Crippen LogP contribution in [0.5, 0.6) is 5.75 Å². The highest BCUT2D eigenvalue weighted by molar-refractivity contribution is 5.69. The van der Waals surface area contributed by atoms with Crippen LogP contribution in [0.4, 0.5) is 0 Å². The zero-order valence-corrected chi connectivity index (χ0v) is 12.3. The molecule has 1 rings (SSSR count). The van der Waals surface area contributed by atoms with Crippen LogP contribution in [0.2, 0.25) is 0 Å². The fraction of sp³-hybridized carbons (Fsp3) is 0.533. The van der Waals surface area contributed by atoms with Crippen molar-refractivity contribution in [2.24, 2.45) is 0 Å². The van der Waals surface area contributed by atoms with E-state index in [1.807, 2.05) is 31.2 Å². The second-order valence-electron chi connectivity index (χ2n) is 4.50. The molecule has 2 N–H and O–H groups in total. The van der Waals surface area contributed by atoms with E-state index >= 15 is 0 Å². The lowest BCUT2D eigenvalue weighted by molar-refractivity contribution is -0.141. The van der Waals surface area contributed by atoms with Gasteiger partial charge in [-0.3, -0.25) is 4.79 Å². The Hall–Kier alpha value is -1.59. The number of methoxy groups -OCH3 is 2. The van der Waals surface area contributed by atoms with Gasteiger partial charge in [0.1, 0.15) is 5.75 Å². The molecule has 0 saturated heterocycles. The van der Waals surface area contributed by atoms with Gasteiger partial charge in [0, 0.05) is 12.5 Å². The van der Waals surface area contributed by atoms with Crippen LogP contribution in [-0.2, 0) is 9.53 Å². The molecule has 0 spiro atoms. The third-order valence-electron chi connectivity index (χ3n) is 3.19. The van der Waals surface area contributed by atoms with Gasteiger partial charge in [-0.25, -0.2) is 0 Å². The number of likely N-dealkylation sites (N-methyl/N-ethyl adjacent to an activating group) is 1. The average molecular weight is 281 g/mol. The first-order chi connectivity index (χ1) is 9.62. The molecule has 0 aliphatic carbocycles. The Labute approximate surface area is 119 Å². The van der Waals surface area contributed by atoms with E-state index in [-0.39, 0.29) is 18.4 Å². The highest BCUT2D eigenvalue weighted by Crippen LogP contribution is 2.22. The zero-order chi connectivity index (χ0) is 15.0. The van der Waals surface area contributed by atoms with Crippen LogP contribution in [0.1, 0.15) is 31.4 Å². The minimum Gasteiger partial charge on any atom is -0.497 e. The Morgan fingerprint density at radius 1 is 1.30 bits per heavy atom. The number of nitrogens with one attached hydrogen (secondary N) is 1. The van der Waals surface area contributed by atoms with Crippen LogP contribution in [0.3, 0.4) is 0 Å². The van der Waals surface area contributed by atoms with E-state index in [9.17, 15) is 9.90 Å². The number of benzene rings is 1. The van der Waals surface area contributed by atoms with Crippen molar-refractivity contribution in [3.8, 4) is 5.75 Å². The van der Waals surface area contributed by atoms with Gasteiger partial charge in [0.25, 0.3) is 0 Å². The van der Waals surface area contributed by atoms with E-state index in [1.54, 1.807) is 7.11 Å². The number of rotatable bonds is 8. The summed E-state index contributed by atoms with van der Waals surface area (Å²) in [6, 6.07) is 7.08. The molecule has 0 aliphatic rings. The first kappa shape index (κ1) is 16.5. The van der Waals surface area contributed by atoms with Gasteiger partial charge >= 0.3 is 5.97 Å². The number of ether oxygens (including phenoxy) is 2. The molecule has 1 aromatic carbocycles. The van der Waals surface area contributed by atoms with Gasteiger partial charge in [-0.1, -0.05) is 19.1 Å². The van der Waals surface area contributed by atoms with E-state index in [1.165, 1.54) is 7.11 Å². The maximum atomic E-state index is 11.2. The molecule has 5 heteroatoms. The highest BCUT2D eigenvalue weighted by atomic mass is 16.5. The lowest BCUT2D eigenvalue weighted by Gasteiger charge is -2.24. The molecular weight excluding hydrogens is 258 g/mol. The molecule has 0 heterocycles. The molecule has 0 fully saturated rings. The molecule has 20 heavy (non-hydrogen) atoms. The SMILES string of the molecule is CCNC(CCC(=O)OC)C(O)c1ccc(OC)cc1. The minimum atomic E-state index is -0.675. The predicted octanol–water partition coefficient (Wildman–Crippen LogP) is 1.66. The highest BCUT2D eigenvalue weighted by Gasteiger charge is 2.21. The molecule has 0 aliphatic heterocycles. The van der Waals surface area contributed by atoms with Crippen LogP contribution in [0.15, 0.2) is 24.3 Å². The largest absolute Gasteiger partial charge is 0.497 e. The van der Waals surface area contributed by atoms with Crippen molar-refractivity contribution >= 4 is 5.97 Å². The first-order valence-corrected chi connectivity index (χ1v) is 6.74. The van der Waals surface area contributed by atoms with Crippen LogP contribution in [-0.4, -0.2) is 37.9 Å². The van der Waals surface area contributed by atoms with Gasteiger partial charge in [0.2, 0.25) is 0 Å². The maximum absolute atomic E-state index is 11.2. The Bertz CT molecular complexity index is 405. The molecule has 0 radical (unpaired) electrons. The first-order valence-electron chi connectivity index (χ1n) is 6.74. The van der Waals surface area contributed by atoms with Gasteiger partial charge in [0.05, 0.1) is 20.3 Å². The van der Waals surface area contributed by atoms with Crippen molar-refractivity contribution in [2.45, 2.75) is 31.9 Å². The lowest BCUT2D eigenvalue weighted by Crippen LogP contribution is -2.35. The smallest absolute Gasteiger partial charge is 0.305 e. The number of aliphatic hydroxyl groups excluding tert-OH is 1. The van der Waals surface area contributed by atoms with E-state index < -0.39 is 6.10 Å². The predicted molar refractivity (Wildman–Crippen MR) is 76.7 cm³/mol. The normalized spacial score (nSPS) is 13.6. The Balaban J connectivity index is 2.70. The zero-order valence-electron chi connectivity index (χ0n) is 12.3. The third kappa shape index (κ3) is 4.83. The monoisotopic (exact) mass is 281 g/mol. The van der Waals surface area contributed by atoms with Crippen molar-refractivity contribution in [1.82, 2.24) is 5.32 Å². The summed E-state index contributed by atoms with van der Waals surface area (Å²) < 4.78 is 9.72. The second kappa shape index (κ2) is 8.55. The second-order valence-corrected chi connectivity index (χ2v) is 4.50. The van der Waals surface area contributed by atoms with Gasteiger partial charge in [-0.15, -0.1) is 0 Å².